The highest BCUT2D eigenvalue weighted by Crippen LogP contribution is 2.23. The topological polar surface area (TPSA) is 49.4 Å². The standard InChI is InChI=1S/C29H25FN2O2/c1-21-8-5-6-13-27(21)29(34)32(20-22-14-16-24(30)17-15-22)26-12-7-9-23(18-26)19-28(33)31-25-10-3-2-4-11-25/h2-18H,19-20H2,1H3,(H,31,33). The number of nitrogens with zero attached hydrogens (tertiary/aromatic N) is 1. The quantitative estimate of drug-likeness (QED) is 0.365. The Labute approximate surface area is 198 Å². The average Bonchev–Trinajstić information content (AvgIpc) is 2.84. The summed E-state index contributed by atoms with van der Waals surface area (Å²) < 4.78 is 13.4. The first-order chi connectivity index (χ1) is 16.5. The zero-order valence-electron chi connectivity index (χ0n) is 18.9. The van der Waals surface area contributed by atoms with Gasteiger partial charge in [0.05, 0.1) is 13.0 Å². The van der Waals surface area contributed by atoms with Crippen molar-refractivity contribution in [1.82, 2.24) is 0 Å². The number of hydrogen-bond donors (Lipinski definition) is 1. The monoisotopic (exact) mass is 452 g/mol. The zero-order valence-corrected chi connectivity index (χ0v) is 18.9. The summed E-state index contributed by atoms with van der Waals surface area (Å²) in [6.07, 6.45) is 0.172. The third kappa shape index (κ3) is 5.75. The van der Waals surface area contributed by atoms with Gasteiger partial charge in [-0.25, -0.2) is 4.39 Å². The molecule has 0 saturated carbocycles. The molecule has 34 heavy (non-hydrogen) atoms. The lowest BCUT2D eigenvalue weighted by Crippen LogP contribution is -2.31. The van der Waals surface area contributed by atoms with Gasteiger partial charge >= 0.3 is 0 Å². The van der Waals surface area contributed by atoms with E-state index in [0.717, 1.165) is 22.4 Å². The molecular weight excluding hydrogens is 427 g/mol. The van der Waals surface area contributed by atoms with Crippen LogP contribution >= 0.6 is 0 Å². The van der Waals surface area contributed by atoms with Crippen LogP contribution in [0.4, 0.5) is 15.8 Å². The first kappa shape index (κ1) is 22.9. The van der Waals surface area contributed by atoms with Gasteiger partial charge in [0.15, 0.2) is 0 Å². The molecule has 0 aliphatic rings. The van der Waals surface area contributed by atoms with E-state index in [4.69, 9.17) is 0 Å². The van der Waals surface area contributed by atoms with Gasteiger partial charge in [0.25, 0.3) is 5.91 Å². The molecule has 170 valence electrons. The number of hydrogen-bond acceptors (Lipinski definition) is 2. The van der Waals surface area contributed by atoms with Gasteiger partial charge in [0.2, 0.25) is 5.91 Å². The normalized spacial score (nSPS) is 10.5. The Kier molecular flexibility index (Phi) is 7.13. The fraction of sp³-hybridized carbons (Fsp3) is 0.103. The molecule has 0 saturated heterocycles. The molecule has 4 aromatic carbocycles. The number of anilines is 2. The second-order valence-corrected chi connectivity index (χ2v) is 8.09. The Balaban J connectivity index is 1.61. The van der Waals surface area contributed by atoms with Crippen molar-refractivity contribution in [1.29, 1.82) is 0 Å². The summed E-state index contributed by atoms with van der Waals surface area (Å²) in [4.78, 5) is 27.8. The van der Waals surface area contributed by atoms with Gasteiger partial charge in [-0.2, -0.15) is 0 Å². The van der Waals surface area contributed by atoms with Gasteiger partial charge in [-0.3, -0.25) is 9.59 Å². The summed E-state index contributed by atoms with van der Waals surface area (Å²) in [5.41, 5.74) is 4.45. The van der Waals surface area contributed by atoms with E-state index in [9.17, 15) is 14.0 Å². The van der Waals surface area contributed by atoms with Crippen molar-refractivity contribution >= 4 is 23.2 Å². The number of amides is 2. The van der Waals surface area contributed by atoms with E-state index >= 15 is 0 Å². The molecule has 0 unspecified atom stereocenters. The lowest BCUT2D eigenvalue weighted by molar-refractivity contribution is -0.115. The zero-order chi connectivity index (χ0) is 23.9. The molecule has 0 bridgehead atoms. The number of carbonyl (C=O) groups excluding carboxylic acids is 2. The third-order valence-electron chi connectivity index (χ3n) is 5.52. The second-order valence-electron chi connectivity index (χ2n) is 8.09. The Morgan fingerprint density at radius 1 is 0.794 bits per heavy atom. The molecule has 0 fully saturated rings. The fourth-order valence-electron chi connectivity index (χ4n) is 3.76. The molecule has 0 spiro atoms. The third-order valence-corrected chi connectivity index (χ3v) is 5.52. The maximum atomic E-state index is 13.6. The Hall–Kier alpha value is -4.25. The molecule has 4 nitrogen and oxygen atoms in total. The van der Waals surface area contributed by atoms with Crippen molar-refractivity contribution in [3.63, 3.8) is 0 Å². The van der Waals surface area contributed by atoms with Crippen LogP contribution in [0, 0.1) is 12.7 Å². The number of rotatable bonds is 7. The number of benzene rings is 4. The average molecular weight is 453 g/mol. The van der Waals surface area contributed by atoms with Crippen LogP contribution in [0.25, 0.3) is 0 Å². The van der Waals surface area contributed by atoms with E-state index in [1.807, 2.05) is 79.7 Å². The van der Waals surface area contributed by atoms with Crippen LogP contribution in [-0.4, -0.2) is 11.8 Å². The first-order valence-electron chi connectivity index (χ1n) is 11.1. The summed E-state index contributed by atoms with van der Waals surface area (Å²) in [5.74, 6) is -0.626. The summed E-state index contributed by atoms with van der Waals surface area (Å²) in [6.45, 7) is 2.17. The van der Waals surface area contributed by atoms with Crippen molar-refractivity contribution in [3.05, 3.63) is 131 Å². The SMILES string of the molecule is Cc1ccccc1C(=O)N(Cc1ccc(F)cc1)c1cccc(CC(=O)Nc2ccccc2)c1. The Morgan fingerprint density at radius 2 is 1.50 bits per heavy atom. The fourth-order valence-corrected chi connectivity index (χ4v) is 3.76. The molecule has 0 heterocycles. The van der Waals surface area contributed by atoms with Crippen LogP contribution < -0.4 is 10.2 Å². The minimum atomic E-state index is -0.327. The van der Waals surface area contributed by atoms with E-state index in [2.05, 4.69) is 5.32 Å². The van der Waals surface area contributed by atoms with Crippen molar-refractivity contribution in [2.45, 2.75) is 19.9 Å². The predicted octanol–water partition coefficient (Wildman–Crippen LogP) is 6.16. The molecular formula is C29H25FN2O2. The molecule has 0 aliphatic heterocycles. The summed E-state index contributed by atoms with van der Waals surface area (Å²) in [7, 11) is 0. The van der Waals surface area contributed by atoms with Crippen LogP contribution in [0.15, 0.2) is 103 Å². The summed E-state index contributed by atoms with van der Waals surface area (Å²) in [5, 5.41) is 2.89. The highest BCUT2D eigenvalue weighted by molar-refractivity contribution is 6.07. The Morgan fingerprint density at radius 3 is 2.24 bits per heavy atom. The smallest absolute Gasteiger partial charge is 0.258 e. The molecule has 0 atom stereocenters. The van der Waals surface area contributed by atoms with E-state index < -0.39 is 0 Å². The minimum absolute atomic E-state index is 0.140. The van der Waals surface area contributed by atoms with E-state index in [0.29, 0.717) is 11.3 Å². The molecule has 1 N–H and O–H groups in total. The van der Waals surface area contributed by atoms with E-state index in [1.54, 1.807) is 23.1 Å². The highest BCUT2D eigenvalue weighted by atomic mass is 19.1. The molecule has 4 rings (SSSR count). The molecule has 0 aliphatic carbocycles. The molecule has 5 heteroatoms. The molecule has 2 amide bonds. The largest absolute Gasteiger partial charge is 0.326 e. The first-order valence-corrected chi connectivity index (χ1v) is 11.1. The molecule has 4 aromatic rings. The predicted molar refractivity (Wildman–Crippen MR) is 133 cm³/mol. The lowest BCUT2D eigenvalue weighted by atomic mass is 10.1. The number of carbonyl (C=O) groups is 2. The highest BCUT2D eigenvalue weighted by Gasteiger charge is 2.20. The number of nitrogens with one attached hydrogen (secondary N) is 1. The lowest BCUT2D eigenvalue weighted by Gasteiger charge is -2.24. The maximum absolute atomic E-state index is 13.6. The van der Waals surface area contributed by atoms with Crippen LogP contribution in [0.1, 0.15) is 27.0 Å². The van der Waals surface area contributed by atoms with Crippen LogP contribution in [0.2, 0.25) is 0 Å². The van der Waals surface area contributed by atoms with Gasteiger partial charge < -0.3 is 10.2 Å². The molecule has 0 radical (unpaired) electrons. The minimum Gasteiger partial charge on any atom is -0.326 e. The van der Waals surface area contributed by atoms with Crippen molar-refractivity contribution in [2.24, 2.45) is 0 Å². The van der Waals surface area contributed by atoms with Gasteiger partial charge in [0, 0.05) is 16.9 Å². The van der Waals surface area contributed by atoms with Crippen LogP contribution in [-0.2, 0) is 17.8 Å². The van der Waals surface area contributed by atoms with Gasteiger partial charge in [-0.15, -0.1) is 0 Å². The van der Waals surface area contributed by atoms with Crippen LogP contribution in [0.5, 0.6) is 0 Å². The maximum Gasteiger partial charge on any atom is 0.258 e. The van der Waals surface area contributed by atoms with Crippen molar-refractivity contribution < 1.29 is 14.0 Å². The number of halogens is 1. The summed E-state index contributed by atoms with van der Waals surface area (Å²) in [6, 6.07) is 30.2. The van der Waals surface area contributed by atoms with E-state index in [-0.39, 0.29) is 30.6 Å². The number of aryl methyl sites for hydroxylation is 1. The number of para-hydroxylation sites is 1. The van der Waals surface area contributed by atoms with Gasteiger partial charge in [-0.05, 0) is 66.1 Å². The van der Waals surface area contributed by atoms with Gasteiger partial charge in [0.1, 0.15) is 5.82 Å². The van der Waals surface area contributed by atoms with Crippen molar-refractivity contribution in [2.75, 3.05) is 10.2 Å². The van der Waals surface area contributed by atoms with Gasteiger partial charge in [-0.1, -0.05) is 60.7 Å². The molecule has 0 aromatic heterocycles. The van der Waals surface area contributed by atoms with E-state index in [1.165, 1.54) is 12.1 Å². The van der Waals surface area contributed by atoms with Crippen LogP contribution in [0.3, 0.4) is 0 Å². The van der Waals surface area contributed by atoms with Crippen molar-refractivity contribution in [3.8, 4) is 0 Å². The summed E-state index contributed by atoms with van der Waals surface area (Å²) >= 11 is 0. The second kappa shape index (κ2) is 10.6. The Bertz CT molecular complexity index is 1290.